The first-order valence-electron chi connectivity index (χ1n) is 11.7. The Bertz CT molecular complexity index is 1270. The van der Waals surface area contributed by atoms with Crippen LogP contribution in [0.2, 0.25) is 0 Å². The van der Waals surface area contributed by atoms with Crippen LogP contribution in [0.4, 0.5) is 23.4 Å². The SMILES string of the molecule is COCC1(COc2cc3c(N[C@H](C)c4cc(F)cc(C(F)(F)F)c4)nc(C)nc3cc2OC)CN(C)C1. The highest BCUT2D eigenvalue weighted by Gasteiger charge is 2.42. The Morgan fingerprint density at radius 1 is 1.05 bits per heavy atom. The van der Waals surface area contributed by atoms with Crippen molar-refractivity contribution in [3.63, 3.8) is 0 Å². The summed E-state index contributed by atoms with van der Waals surface area (Å²) in [6.07, 6.45) is -4.66. The number of nitrogens with zero attached hydrogens (tertiary/aromatic N) is 3. The van der Waals surface area contributed by atoms with Crippen LogP contribution < -0.4 is 14.8 Å². The molecule has 1 aromatic heterocycles. The monoisotopic (exact) mass is 522 g/mol. The molecule has 0 unspecified atom stereocenters. The first kappa shape index (κ1) is 26.9. The Morgan fingerprint density at radius 3 is 2.41 bits per heavy atom. The minimum absolute atomic E-state index is 0.136. The van der Waals surface area contributed by atoms with Crippen LogP contribution in [0, 0.1) is 18.2 Å². The molecule has 2 aromatic carbocycles. The molecule has 4 rings (SSSR count). The molecule has 0 spiro atoms. The Kier molecular flexibility index (Phi) is 7.48. The van der Waals surface area contributed by atoms with E-state index < -0.39 is 23.6 Å². The van der Waals surface area contributed by atoms with Crippen molar-refractivity contribution in [2.45, 2.75) is 26.1 Å². The maximum atomic E-state index is 14.0. The molecule has 37 heavy (non-hydrogen) atoms. The predicted molar refractivity (Wildman–Crippen MR) is 132 cm³/mol. The molecule has 1 N–H and O–H groups in total. The van der Waals surface area contributed by atoms with Gasteiger partial charge in [0.1, 0.15) is 17.5 Å². The number of ether oxygens (including phenoxy) is 3. The number of aromatic nitrogens is 2. The van der Waals surface area contributed by atoms with Crippen LogP contribution in [0.1, 0.15) is 29.9 Å². The lowest BCUT2D eigenvalue weighted by molar-refractivity contribution is -0.137. The van der Waals surface area contributed by atoms with Gasteiger partial charge in [-0.05, 0) is 50.7 Å². The minimum Gasteiger partial charge on any atom is -0.493 e. The van der Waals surface area contributed by atoms with Crippen molar-refractivity contribution in [3.05, 3.63) is 53.1 Å². The number of likely N-dealkylation sites (tertiary alicyclic amines) is 1. The van der Waals surface area contributed by atoms with Gasteiger partial charge in [0, 0.05) is 31.7 Å². The third kappa shape index (κ3) is 5.88. The largest absolute Gasteiger partial charge is 0.493 e. The molecule has 0 aliphatic carbocycles. The number of anilines is 1. The predicted octanol–water partition coefficient (Wildman–Crippen LogP) is 5.23. The quantitative estimate of drug-likeness (QED) is 0.386. The lowest BCUT2D eigenvalue weighted by Crippen LogP contribution is -2.59. The van der Waals surface area contributed by atoms with Crippen LogP contribution in [0.15, 0.2) is 30.3 Å². The molecule has 1 aliphatic heterocycles. The maximum Gasteiger partial charge on any atom is 0.416 e. The van der Waals surface area contributed by atoms with Gasteiger partial charge in [0.25, 0.3) is 0 Å². The third-order valence-electron chi connectivity index (χ3n) is 6.39. The second-order valence-corrected chi connectivity index (χ2v) is 9.67. The fraction of sp³-hybridized carbons (Fsp3) is 0.462. The molecule has 11 heteroatoms. The van der Waals surface area contributed by atoms with Crippen LogP contribution in [-0.4, -0.2) is 62.4 Å². The average molecular weight is 523 g/mol. The number of hydrogen-bond acceptors (Lipinski definition) is 7. The maximum absolute atomic E-state index is 14.0. The summed E-state index contributed by atoms with van der Waals surface area (Å²) in [5.41, 5.74) is -0.489. The van der Waals surface area contributed by atoms with Gasteiger partial charge in [-0.3, -0.25) is 0 Å². The molecule has 1 aliphatic rings. The van der Waals surface area contributed by atoms with Crippen LogP contribution in [0.5, 0.6) is 11.5 Å². The number of halogens is 4. The van der Waals surface area contributed by atoms with Gasteiger partial charge in [-0.1, -0.05) is 0 Å². The van der Waals surface area contributed by atoms with Gasteiger partial charge in [-0.25, -0.2) is 14.4 Å². The van der Waals surface area contributed by atoms with Gasteiger partial charge in [0.15, 0.2) is 11.5 Å². The van der Waals surface area contributed by atoms with Crippen molar-refractivity contribution >= 4 is 16.7 Å². The molecule has 1 saturated heterocycles. The molecule has 0 saturated carbocycles. The standard InChI is InChI=1S/C26H30F4N4O3/c1-15(17-6-18(26(28,29)30)8-19(27)7-17)31-24-20-9-23(22(36-5)10-21(20)32-16(2)33-24)37-14-25(13-35-4)11-34(3)12-25/h6-10,15H,11-14H2,1-5H3,(H,31,32,33)/t15-/m1/s1. The average Bonchev–Trinajstić information content (AvgIpc) is 2.80. The zero-order valence-electron chi connectivity index (χ0n) is 21.4. The molecular weight excluding hydrogens is 492 g/mol. The fourth-order valence-electron chi connectivity index (χ4n) is 4.81. The number of alkyl halides is 3. The Morgan fingerprint density at radius 2 is 1.78 bits per heavy atom. The van der Waals surface area contributed by atoms with Gasteiger partial charge in [0.05, 0.1) is 42.9 Å². The van der Waals surface area contributed by atoms with Gasteiger partial charge in [-0.2, -0.15) is 13.2 Å². The molecular formula is C26H30F4N4O3. The molecule has 0 amide bonds. The van der Waals surface area contributed by atoms with Crippen LogP contribution in [0.3, 0.4) is 0 Å². The fourth-order valence-corrected chi connectivity index (χ4v) is 4.81. The summed E-state index contributed by atoms with van der Waals surface area (Å²) in [6.45, 7) is 5.96. The van der Waals surface area contributed by atoms with Gasteiger partial charge in [-0.15, -0.1) is 0 Å². The first-order valence-corrected chi connectivity index (χ1v) is 11.7. The molecule has 7 nitrogen and oxygen atoms in total. The van der Waals surface area contributed by atoms with E-state index in [9.17, 15) is 17.6 Å². The zero-order chi connectivity index (χ0) is 27.0. The van der Waals surface area contributed by atoms with Crippen LogP contribution in [-0.2, 0) is 10.9 Å². The number of rotatable bonds is 9. The van der Waals surface area contributed by atoms with E-state index in [-0.39, 0.29) is 11.0 Å². The van der Waals surface area contributed by atoms with Gasteiger partial charge in [0.2, 0.25) is 0 Å². The van der Waals surface area contributed by atoms with Crippen molar-refractivity contribution in [1.82, 2.24) is 14.9 Å². The van der Waals surface area contributed by atoms with Gasteiger partial charge >= 0.3 is 6.18 Å². The normalized spacial score (nSPS) is 16.4. The number of hydrogen-bond donors (Lipinski definition) is 1. The van der Waals surface area contributed by atoms with E-state index in [1.165, 1.54) is 7.11 Å². The van der Waals surface area contributed by atoms with Gasteiger partial charge < -0.3 is 24.4 Å². The lowest BCUT2D eigenvalue weighted by Gasteiger charge is -2.47. The van der Waals surface area contributed by atoms with Crippen molar-refractivity contribution in [1.29, 1.82) is 0 Å². The molecule has 1 atom stereocenters. The highest BCUT2D eigenvalue weighted by atomic mass is 19.4. The summed E-state index contributed by atoms with van der Waals surface area (Å²) in [5.74, 6) is 0.840. The van der Waals surface area contributed by atoms with Crippen molar-refractivity contribution in [2.75, 3.05) is 52.9 Å². The summed E-state index contributed by atoms with van der Waals surface area (Å²) in [6, 6.07) is 5.28. The van der Waals surface area contributed by atoms with E-state index in [1.54, 1.807) is 33.1 Å². The van der Waals surface area contributed by atoms with Crippen LogP contribution in [0.25, 0.3) is 10.9 Å². The molecule has 0 radical (unpaired) electrons. The summed E-state index contributed by atoms with van der Waals surface area (Å²) < 4.78 is 70.8. The van der Waals surface area contributed by atoms with E-state index >= 15 is 0 Å². The Labute approximate surface area is 212 Å². The van der Waals surface area contributed by atoms with E-state index in [2.05, 4.69) is 20.2 Å². The summed E-state index contributed by atoms with van der Waals surface area (Å²) in [4.78, 5) is 11.1. The number of aryl methyl sites for hydroxylation is 1. The van der Waals surface area contributed by atoms with E-state index in [4.69, 9.17) is 14.2 Å². The topological polar surface area (TPSA) is 68.7 Å². The zero-order valence-corrected chi connectivity index (χ0v) is 21.4. The number of fused-ring (bicyclic) bond motifs is 1. The summed E-state index contributed by atoms with van der Waals surface area (Å²) in [5, 5.41) is 3.72. The first-order chi connectivity index (χ1) is 17.4. The molecule has 0 bridgehead atoms. The lowest BCUT2D eigenvalue weighted by atomic mass is 9.82. The summed E-state index contributed by atoms with van der Waals surface area (Å²) >= 11 is 0. The molecule has 3 aromatic rings. The minimum atomic E-state index is -4.66. The van der Waals surface area contributed by atoms with Crippen molar-refractivity contribution < 1.29 is 31.8 Å². The van der Waals surface area contributed by atoms with E-state index in [0.717, 1.165) is 25.2 Å². The number of benzene rings is 2. The Hall–Kier alpha value is -3.18. The highest BCUT2D eigenvalue weighted by molar-refractivity contribution is 5.92. The Balaban J connectivity index is 1.67. The number of methoxy groups -OCH3 is 2. The van der Waals surface area contributed by atoms with Crippen molar-refractivity contribution in [3.8, 4) is 11.5 Å². The van der Waals surface area contributed by atoms with E-state index in [0.29, 0.717) is 53.3 Å². The van der Waals surface area contributed by atoms with E-state index in [1.807, 2.05) is 7.05 Å². The van der Waals surface area contributed by atoms with Crippen LogP contribution >= 0.6 is 0 Å². The number of nitrogens with one attached hydrogen (secondary N) is 1. The third-order valence-corrected chi connectivity index (χ3v) is 6.39. The second-order valence-electron chi connectivity index (χ2n) is 9.67. The molecule has 2 heterocycles. The van der Waals surface area contributed by atoms with Crippen molar-refractivity contribution in [2.24, 2.45) is 5.41 Å². The molecule has 200 valence electrons. The highest BCUT2D eigenvalue weighted by Crippen LogP contribution is 2.38. The second kappa shape index (κ2) is 10.3. The summed E-state index contributed by atoms with van der Waals surface area (Å²) in [7, 11) is 5.22. The molecule has 1 fully saturated rings. The smallest absolute Gasteiger partial charge is 0.416 e.